The lowest BCUT2D eigenvalue weighted by Gasteiger charge is -2.38. The summed E-state index contributed by atoms with van der Waals surface area (Å²) in [6.07, 6.45) is 7.73. The molecule has 7 nitrogen and oxygen atoms in total. The molecule has 9 heteroatoms. The van der Waals surface area contributed by atoms with E-state index in [1.165, 1.54) is 44.2 Å². The van der Waals surface area contributed by atoms with Crippen LogP contribution in [0.3, 0.4) is 0 Å². The Balaban J connectivity index is 1.69. The summed E-state index contributed by atoms with van der Waals surface area (Å²) in [4.78, 5) is 27.3. The van der Waals surface area contributed by atoms with Crippen LogP contribution in [0.5, 0.6) is 0 Å². The number of carbonyl (C=O) groups is 2. The number of hydrogen-bond donors (Lipinski definition) is 3. The van der Waals surface area contributed by atoms with Crippen molar-refractivity contribution in [3.05, 3.63) is 35.4 Å². The van der Waals surface area contributed by atoms with Crippen LogP contribution in [0, 0.1) is 23.5 Å². The van der Waals surface area contributed by atoms with Crippen molar-refractivity contribution in [1.82, 2.24) is 20.9 Å². The molecule has 0 radical (unpaired) electrons. The Labute approximate surface area is 220 Å². The number of piperidine rings is 1. The van der Waals surface area contributed by atoms with E-state index in [4.69, 9.17) is 4.74 Å². The van der Waals surface area contributed by atoms with Crippen LogP contribution in [0.15, 0.2) is 18.2 Å². The Morgan fingerprint density at radius 3 is 2.54 bits per heavy atom. The zero-order valence-electron chi connectivity index (χ0n) is 22.5. The Kier molecular flexibility index (Phi) is 11.6. The molecular weight excluding hydrogens is 478 g/mol. The van der Waals surface area contributed by atoms with E-state index in [2.05, 4.69) is 16.0 Å². The number of likely N-dealkylation sites (N-methyl/N-ethyl adjacent to an activating group) is 1. The van der Waals surface area contributed by atoms with E-state index in [0.717, 1.165) is 12.5 Å². The molecule has 2 aliphatic rings. The number of benzene rings is 1. The lowest BCUT2D eigenvalue weighted by Crippen LogP contribution is -2.52. The van der Waals surface area contributed by atoms with E-state index in [1.54, 1.807) is 4.90 Å². The highest BCUT2D eigenvalue weighted by Gasteiger charge is 2.34. The minimum atomic E-state index is -0.972. The number of ether oxygens (including phenoxy) is 1. The summed E-state index contributed by atoms with van der Waals surface area (Å²) in [5.74, 6) is -1.89. The first-order valence-corrected chi connectivity index (χ1v) is 13.8. The number of carbonyl (C=O) groups excluding carboxylic acids is 2. The third-order valence-electron chi connectivity index (χ3n) is 7.43. The summed E-state index contributed by atoms with van der Waals surface area (Å²) >= 11 is 0. The van der Waals surface area contributed by atoms with Crippen molar-refractivity contribution in [3.63, 3.8) is 0 Å². The van der Waals surface area contributed by atoms with Gasteiger partial charge in [-0.05, 0) is 52.1 Å². The highest BCUT2D eigenvalue weighted by Crippen LogP contribution is 2.35. The highest BCUT2D eigenvalue weighted by atomic mass is 19.2. The smallest absolute Gasteiger partial charge is 0.317 e. The minimum absolute atomic E-state index is 0.0356. The van der Waals surface area contributed by atoms with Crippen LogP contribution in [0.1, 0.15) is 76.9 Å². The zero-order valence-corrected chi connectivity index (χ0v) is 22.5. The van der Waals surface area contributed by atoms with Crippen LogP contribution >= 0.6 is 0 Å². The van der Waals surface area contributed by atoms with E-state index >= 15 is 0 Å². The molecule has 1 saturated carbocycles. The summed E-state index contributed by atoms with van der Waals surface area (Å²) < 4.78 is 34.8. The van der Waals surface area contributed by atoms with Gasteiger partial charge in [0.05, 0.1) is 6.10 Å². The summed E-state index contributed by atoms with van der Waals surface area (Å²) in [6, 6.07) is 3.84. The number of halogens is 2. The fourth-order valence-corrected chi connectivity index (χ4v) is 5.72. The first kappa shape index (κ1) is 29.3. The quantitative estimate of drug-likeness (QED) is 0.399. The molecule has 1 aromatic carbocycles. The largest absolute Gasteiger partial charge is 0.363 e. The number of amides is 3. The van der Waals surface area contributed by atoms with Crippen LogP contribution in [0.4, 0.5) is 13.6 Å². The first-order chi connectivity index (χ1) is 17.8. The number of rotatable bonds is 11. The average Bonchev–Trinajstić information content (AvgIpc) is 2.87. The molecule has 1 aliphatic heterocycles. The van der Waals surface area contributed by atoms with Crippen molar-refractivity contribution < 1.29 is 23.1 Å². The molecule has 37 heavy (non-hydrogen) atoms. The Morgan fingerprint density at radius 1 is 1.08 bits per heavy atom. The number of likely N-dealkylation sites (tertiary alicyclic amines) is 1. The molecule has 0 spiro atoms. The second kappa shape index (κ2) is 14.6. The molecule has 1 aliphatic carbocycles. The van der Waals surface area contributed by atoms with E-state index in [1.807, 2.05) is 20.9 Å². The molecule has 0 bridgehead atoms. The number of hydrogen-bond acceptors (Lipinski definition) is 4. The van der Waals surface area contributed by atoms with Gasteiger partial charge >= 0.3 is 6.03 Å². The summed E-state index contributed by atoms with van der Waals surface area (Å²) in [7, 11) is 1.89. The van der Waals surface area contributed by atoms with Gasteiger partial charge in [0.15, 0.2) is 11.6 Å². The van der Waals surface area contributed by atoms with Gasteiger partial charge in [0.25, 0.3) is 0 Å². The lowest BCUT2D eigenvalue weighted by molar-refractivity contribution is -0.130. The Hall–Kier alpha value is -2.26. The van der Waals surface area contributed by atoms with Gasteiger partial charge in [-0.3, -0.25) is 4.79 Å². The highest BCUT2D eigenvalue weighted by molar-refractivity contribution is 5.77. The molecular formula is C28H44F2N4O3. The second-order valence-corrected chi connectivity index (χ2v) is 10.9. The number of nitrogens with one attached hydrogen (secondary N) is 3. The van der Waals surface area contributed by atoms with Gasteiger partial charge in [0.2, 0.25) is 5.91 Å². The van der Waals surface area contributed by atoms with E-state index in [-0.39, 0.29) is 42.1 Å². The molecule has 3 amide bonds. The normalized spacial score (nSPS) is 20.5. The first-order valence-electron chi connectivity index (χ1n) is 13.8. The minimum Gasteiger partial charge on any atom is -0.363 e. The van der Waals surface area contributed by atoms with Crippen molar-refractivity contribution in [2.45, 2.75) is 83.4 Å². The average molecular weight is 523 g/mol. The number of nitrogens with zero attached hydrogens (tertiary/aromatic N) is 1. The fourth-order valence-electron chi connectivity index (χ4n) is 5.72. The molecule has 3 rings (SSSR count). The zero-order chi connectivity index (χ0) is 26.8. The third-order valence-corrected chi connectivity index (χ3v) is 7.43. The monoisotopic (exact) mass is 522 g/mol. The summed E-state index contributed by atoms with van der Waals surface area (Å²) in [6.45, 7) is 5.04. The molecule has 1 heterocycles. The van der Waals surface area contributed by atoms with Crippen LogP contribution < -0.4 is 16.0 Å². The predicted octanol–water partition coefficient (Wildman–Crippen LogP) is 4.53. The van der Waals surface area contributed by atoms with Gasteiger partial charge in [-0.25, -0.2) is 13.6 Å². The summed E-state index contributed by atoms with van der Waals surface area (Å²) in [5, 5.41) is 9.17. The predicted molar refractivity (Wildman–Crippen MR) is 140 cm³/mol. The van der Waals surface area contributed by atoms with Crippen LogP contribution in [0.25, 0.3) is 0 Å². The Morgan fingerprint density at radius 2 is 1.84 bits per heavy atom. The maximum atomic E-state index is 14.8. The maximum Gasteiger partial charge on any atom is 0.317 e. The molecule has 3 N–H and O–H groups in total. The standard InChI is InChI=1S/C28H44F2N4O3/c1-19(2)32-25(35)18-37-27(23-12-7-13-24(29)26(23)30)21-11-8-14-34(17-21)28(36)33-22(16-31-3)15-20-9-5-4-6-10-20/h7,12-13,19-22,27,31H,4-6,8-11,14-18H2,1-3H3,(H,32,35)(H,33,36). The molecule has 2 fully saturated rings. The van der Waals surface area contributed by atoms with Gasteiger partial charge in [-0.1, -0.05) is 44.2 Å². The van der Waals surface area contributed by atoms with Crippen molar-refractivity contribution in [3.8, 4) is 0 Å². The fraction of sp³-hybridized carbons (Fsp3) is 0.714. The van der Waals surface area contributed by atoms with Crippen LogP contribution in [-0.4, -0.2) is 62.2 Å². The van der Waals surface area contributed by atoms with Crippen molar-refractivity contribution in [2.75, 3.05) is 33.3 Å². The molecule has 3 unspecified atom stereocenters. The van der Waals surface area contributed by atoms with E-state index < -0.39 is 17.7 Å². The van der Waals surface area contributed by atoms with Gasteiger partial charge in [0, 0.05) is 43.2 Å². The van der Waals surface area contributed by atoms with E-state index in [0.29, 0.717) is 38.4 Å². The molecule has 3 atom stereocenters. The van der Waals surface area contributed by atoms with Gasteiger partial charge in [-0.15, -0.1) is 0 Å². The van der Waals surface area contributed by atoms with Crippen LogP contribution in [-0.2, 0) is 9.53 Å². The number of urea groups is 1. The molecule has 1 aromatic rings. The summed E-state index contributed by atoms with van der Waals surface area (Å²) in [5.41, 5.74) is 0.0787. The van der Waals surface area contributed by atoms with Crippen molar-refractivity contribution in [1.29, 1.82) is 0 Å². The van der Waals surface area contributed by atoms with Crippen molar-refractivity contribution in [2.24, 2.45) is 11.8 Å². The van der Waals surface area contributed by atoms with Gasteiger partial charge < -0.3 is 25.6 Å². The van der Waals surface area contributed by atoms with Gasteiger partial charge in [0.1, 0.15) is 6.61 Å². The molecule has 0 aromatic heterocycles. The van der Waals surface area contributed by atoms with Crippen LogP contribution in [0.2, 0.25) is 0 Å². The van der Waals surface area contributed by atoms with Crippen molar-refractivity contribution >= 4 is 11.9 Å². The second-order valence-electron chi connectivity index (χ2n) is 10.9. The third kappa shape index (κ3) is 8.92. The lowest BCUT2D eigenvalue weighted by atomic mass is 9.85. The molecule has 208 valence electrons. The SMILES string of the molecule is CNCC(CC1CCCCC1)NC(=O)N1CCCC(C(OCC(=O)NC(C)C)c2cccc(F)c2F)C1. The molecule has 1 saturated heterocycles. The maximum absolute atomic E-state index is 14.8. The van der Waals surface area contributed by atoms with Gasteiger partial charge in [-0.2, -0.15) is 0 Å². The Bertz CT molecular complexity index is 879. The topological polar surface area (TPSA) is 82.7 Å². The van der Waals surface area contributed by atoms with E-state index in [9.17, 15) is 18.4 Å².